The molecule has 152 valence electrons. The molecule has 0 radical (unpaired) electrons. The fraction of sp³-hybridized carbons (Fsp3) is 0.600. The Bertz CT molecular complexity index is 810. The molecule has 1 aliphatic heterocycles. The number of hydrogen-bond donors (Lipinski definition) is 2. The minimum atomic E-state index is 0.0130. The van der Waals surface area contributed by atoms with Gasteiger partial charge in [0.2, 0.25) is 5.91 Å². The van der Waals surface area contributed by atoms with E-state index in [0.29, 0.717) is 33.1 Å². The first-order chi connectivity index (χ1) is 13.5. The van der Waals surface area contributed by atoms with E-state index in [2.05, 4.69) is 15.2 Å². The number of halogens is 2. The van der Waals surface area contributed by atoms with Crippen LogP contribution in [0.4, 0.5) is 6.01 Å². The maximum absolute atomic E-state index is 12.7. The van der Waals surface area contributed by atoms with E-state index in [1.54, 1.807) is 12.1 Å². The van der Waals surface area contributed by atoms with Crippen molar-refractivity contribution in [3.63, 3.8) is 0 Å². The number of benzene rings is 1. The van der Waals surface area contributed by atoms with E-state index in [-0.39, 0.29) is 24.5 Å². The molecule has 2 fully saturated rings. The summed E-state index contributed by atoms with van der Waals surface area (Å²) in [5.74, 6) is 0.473. The minimum absolute atomic E-state index is 0.0130. The molecule has 1 amide bonds. The molecule has 2 heterocycles. The zero-order valence-electron chi connectivity index (χ0n) is 15.7. The van der Waals surface area contributed by atoms with Crippen molar-refractivity contribution < 1.29 is 14.3 Å². The molecule has 8 heteroatoms. The quantitative estimate of drug-likeness (QED) is 0.772. The SMILES string of the molecule is O=C(N[C@H]1CCC[C@H](CO)C1)C1CCN(c2nc3cc(Cl)c(Cl)cc3o2)CC1. The zero-order chi connectivity index (χ0) is 19.7. The van der Waals surface area contributed by atoms with E-state index in [1.165, 1.54) is 0 Å². The summed E-state index contributed by atoms with van der Waals surface area (Å²) in [6, 6.07) is 4.13. The van der Waals surface area contributed by atoms with Gasteiger partial charge < -0.3 is 19.7 Å². The van der Waals surface area contributed by atoms with E-state index in [9.17, 15) is 9.90 Å². The monoisotopic (exact) mass is 425 g/mol. The highest BCUT2D eigenvalue weighted by molar-refractivity contribution is 6.42. The summed E-state index contributed by atoms with van der Waals surface area (Å²) in [5.41, 5.74) is 1.29. The molecule has 2 N–H and O–H groups in total. The smallest absolute Gasteiger partial charge is 0.298 e. The number of carbonyl (C=O) groups excluding carboxylic acids is 1. The molecule has 0 bridgehead atoms. The molecular formula is C20H25Cl2N3O3. The number of aliphatic hydroxyl groups excluding tert-OH is 1. The van der Waals surface area contributed by atoms with Gasteiger partial charge in [-0.1, -0.05) is 29.6 Å². The van der Waals surface area contributed by atoms with E-state index in [0.717, 1.165) is 51.6 Å². The molecule has 2 aliphatic rings. The molecule has 1 saturated carbocycles. The van der Waals surface area contributed by atoms with Crippen LogP contribution in [0.1, 0.15) is 38.5 Å². The lowest BCUT2D eigenvalue weighted by atomic mass is 9.85. The first-order valence-corrected chi connectivity index (χ1v) is 10.7. The van der Waals surface area contributed by atoms with Gasteiger partial charge in [0.1, 0.15) is 5.52 Å². The Labute approximate surface area is 174 Å². The number of oxazole rings is 1. The largest absolute Gasteiger partial charge is 0.423 e. The van der Waals surface area contributed by atoms with Crippen LogP contribution in [0.2, 0.25) is 10.0 Å². The summed E-state index contributed by atoms with van der Waals surface area (Å²) in [7, 11) is 0. The number of aliphatic hydroxyl groups is 1. The summed E-state index contributed by atoms with van der Waals surface area (Å²) in [5, 5.41) is 13.5. The second-order valence-electron chi connectivity index (χ2n) is 7.91. The van der Waals surface area contributed by atoms with Gasteiger partial charge in [-0.05, 0) is 44.1 Å². The molecule has 0 unspecified atom stereocenters. The fourth-order valence-electron chi connectivity index (χ4n) is 4.29. The predicted molar refractivity (Wildman–Crippen MR) is 110 cm³/mol. The van der Waals surface area contributed by atoms with Gasteiger partial charge in [-0.25, -0.2) is 0 Å². The van der Waals surface area contributed by atoms with Crippen molar-refractivity contribution in [3.8, 4) is 0 Å². The van der Waals surface area contributed by atoms with Gasteiger partial charge in [-0.3, -0.25) is 4.79 Å². The molecule has 6 nitrogen and oxygen atoms in total. The van der Waals surface area contributed by atoms with Crippen LogP contribution in [0.15, 0.2) is 16.5 Å². The average Bonchev–Trinajstić information content (AvgIpc) is 3.11. The van der Waals surface area contributed by atoms with Gasteiger partial charge in [-0.2, -0.15) is 4.98 Å². The standard InChI is InChI=1S/C20H25Cl2N3O3/c21-15-9-17-18(10-16(15)22)28-20(24-17)25-6-4-13(5-7-25)19(27)23-14-3-1-2-12(8-14)11-26/h9-10,12-14,26H,1-8,11H2,(H,23,27)/t12-,14-/m0/s1. The summed E-state index contributed by atoms with van der Waals surface area (Å²) in [6.07, 6.45) is 5.55. The predicted octanol–water partition coefficient (Wildman–Crippen LogP) is 4.02. The number of nitrogens with zero attached hydrogens (tertiary/aromatic N) is 2. The van der Waals surface area contributed by atoms with Gasteiger partial charge >= 0.3 is 0 Å². The van der Waals surface area contributed by atoms with Crippen LogP contribution in [0.3, 0.4) is 0 Å². The third-order valence-corrected chi connectivity index (χ3v) is 6.67. The van der Waals surface area contributed by atoms with Crippen LogP contribution >= 0.6 is 23.2 Å². The second kappa shape index (κ2) is 8.47. The van der Waals surface area contributed by atoms with Gasteiger partial charge in [0.25, 0.3) is 6.01 Å². The third-order valence-electron chi connectivity index (χ3n) is 5.94. The Balaban J connectivity index is 1.33. The number of anilines is 1. The summed E-state index contributed by atoms with van der Waals surface area (Å²) in [6.45, 7) is 1.65. The first-order valence-electron chi connectivity index (χ1n) is 9.95. The highest BCUT2D eigenvalue weighted by Gasteiger charge is 2.30. The van der Waals surface area contributed by atoms with Crippen molar-refractivity contribution in [3.05, 3.63) is 22.2 Å². The number of fused-ring (bicyclic) bond motifs is 1. The van der Waals surface area contributed by atoms with Gasteiger partial charge in [0.15, 0.2) is 5.58 Å². The maximum atomic E-state index is 12.7. The van der Waals surface area contributed by atoms with Crippen LogP contribution in [0.25, 0.3) is 11.1 Å². The molecule has 2 aromatic rings. The molecular weight excluding hydrogens is 401 g/mol. The van der Waals surface area contributed by atoms with Crippen molar-refractivity contribution in [2.75, 3.05) is 24.6 Å². The van der Waals surface area contributed by atoms with Crippen molar-refractivity contribution in [1.29, 1.82) is 0 Å². The van der Waals surface area contributed by atoms with E-state index in [1.807, 2.05) is 0 Å². The lowest BCUT2D eigenvalue weighted by Crippen LogP contribution is -2.45. The summed E-state index contributed by atoms with van der Waals surface area (Å²) in [4.78, 5) is 19.2. The minimum Gasteiger partial charge on any atom is -0.423 e. The fourth-order valence-corrected chi connectivity index (χ4v) is 4.60. The van der Waals surface area contributed by atoms with Gasteiger partial charge in [0.05, 0.1) is 10.0 Å². The highest BCUT2D eigenvalue weighted by Crippen LogP contribution is 2.32. The molecule has 28 heavy (non-hydrogen) atoms. The Morgan fingerprint density at radius 1 is 1.21 bits per heavy atom. The molecule has 2 atom stereocenters. The molecule has 1 aromatic carbocycles. The first kappa shape index (κ1) is 19.8. The molecule has 4 rings (SSSR count). The zero-order valence-corrected chi connectivity index (χ0v) is 17.2. The average molecular weight is 426 g/mol. The molecule has 1 saturated heterocycles. The highest BCUT2D eigenvalue weighted by atomic mass is 35.5. The van der Waals surface area contributed by atoms with Crippen molar-refractivity contribution in [2.45, 2.75) is 44.6 Å². The van der Waals surface area contributed by atoms with E-state index < -0.39 is 0 Å². The number of aromatic nitrogens is 1. The maximum Gasteiger partial charge on any atom is 0.298 e. The topological polar surface area (TPSA) is 78.6 Å². The van der Waals surface area contributed by atoms with Crippen LogP contribution in [-0.4, -0.2) is 41.7 Å². The van der Waals surface area contributed by atoms with Crippen LogP contribution in [-0.2, 0) is 4.79 Å². The molecule has 1 aromatic heterocycles. The van der Waals surface area contributed by atoms with Gasteiger partial charge in [0, 0.05) is 37.7 Å². The van der Waals surface area contributed by atoms with E-state index in [4.69, 9.17) is 27.6 Å². The number of hydrogen-bond acceptors (Lipinski definition) is 5. The molecule has 1 aliphatic carbocycles. The number of carbonyl (C=O) groups is 1. The van der Waals surface area contributed by atoms with Crippen molar-refractivity contribution in [1.82, 2.24) is 10.3 Å². The lowest BCUT2D eigenvalue weighted by Gasteiger charge is -2.33. The Kier molecular flexibility index (Phi) is 5.99. The lowest BCUT2D eigenvalue weighted by molar-refractivity contribution is -0.126. The van der Waals surface area contributed by atoms with Gasteiger partial charge in [-0.15, -0.1) is 0 Å². The number of amides is 1. The Morgan fingerprint density at radius 3 is 2.71 bits per heavy atom. The van der Waals surface area contributed by atoms with Crippen LogP contribution in [0, 0.1) is 11.8 Å². The third kappa shape index (κ3) is 4.24. The van der Waals surface area contributed by atoms with Crippen molar-refractivity contribution in [2.24, 2.45) is 11.8 Å². The Morgan fingerprint density at radius 2 is 1.96 bits per heavy atom. The van der Waals surface area contributed by atoms with E-state index >= 15 is 0 Å². The Hall–Kier alpha value is -1.50. The van der Waals surface area contributed by atoms with Crippen molar-refractivity contribution >= 4 is 46.2 Å². The number of piperidine rings is 1. The molecule has 0 spiro atoms. The number of nitrogens with one attached hydrogen (secondary N) is 1. The summed E-state index contributed by atoms with van der Waals surface area (Å²) < 4.78 is 5.83. The normalized spacial score (nSPS) is 23.9. The number of rotatable bonds is 4. The summed E-state index contributed by atoms with van der Waals surface area (Å²) >= 11 is 12.1. The van der Waals surface area contributed by atoms with Crippen LogP contribution < -0.4 is 10.2 Å². The van der Waals surface area contributed by atoms with Crippen LogP contribution in [0.5, 0.6) is 0 Å². The second-order valence-corrected chi connectivity index (χ2v) is 8.73.